The molecule has 7 nitrogen and oxygen atoms in total. The van der Waals surface area contributed by atoms with E-state index in [2.05, 4.69) is 21.3 Å². The van der Waals surface area contributed by atoms with Gasteiger partial charge >= 0.3 is 0 Å². The molecule has 2 amide bonds. The molecule has 0 bridgehead atoms. The van der Waals surface area contributed by atoms with E-state index < -0.39 is 0 Å². The van der Waals surface area contributed by atoms with Gasteiger partial charge in [-0.3, -0.25) is 14.6 Å². The molecule has 0 aliphatic carbocycles. The van der Waals surface area contributed by atoms with Crippen molar-refractivity contribution in [2.75, 3.05) is 36.4 Å². The number of nitrogens with one attached hydrogen (secondary N) is 1. The molecule has 34 heavy (non-hydrogen) atoms. The second-order valence-corrected chi connectivity index (χ2v) is 8.44. The van der Waals surface area contributed by atoms with Gasteiger partial charge in [0.2, 0.25) is 11.8 Å². The SMILES string of the molecule is CC(=O)N1CCN(c2ccc(NC(=O)Cc3ccc(-c4ccnc(C)c4)c(C#N)c3)cc2)CC1. The van der Waals surface area contributed by atoms with Gasteiger partial charge in [0.1, 0.15) is 0 Å². The average Bonchev–Trinajstić information content (AvgIpc) is 2.84. The number of pyridine rings is 1. The van der Waals surface area contributed by atoms with Crippen LogP contribution in [0, 0.1) is 18.3 Å². The van der Waals surface area contributed by atoms with Gasteiger partial charge in [0.05, 0.1) is 18.1 Å². The number of hydrogen-bond donors (Lipinski definition) is 1. The summed E-state index contributed by atoms with van der Waals surface area (Å²) in [4.78, 5) is 32.4. The molecular weight excluding hydrogens is 426 g/mol. The third-order valence-electron chi connectivity index (χ3n) is 6.02. The Morgan fingerprint density at radius 3 is 2.41 bits per heavy atom. The molecule has 0 unspecified atom stereocenters. The van der Waals surface area contributed by atoms with Crippen LogP contribution in [0.25, 0.3) is 11.1 Å². The molecule has 0 saturated carbocycles. The summed E-state index contributed by atoms with van der Waals surface area (Å²) >= 11 is 0. The van der Waals surface area contributed by atoms with E-state index in [1.165, 1.54) is 0 Å². The van der Waals surface area contributed by atoms with E-state index in [4.69, 9.17) is 0 Å². The summed E-state index contributed by atoms with van der Waals surface area (Å²) < 4.78 is 0. The predicted molar refractivity (Wildman–Crippen MR) is 132 cm³/mol. The number of hydrogen-bond acceptors (Lipinski definition) is 5. The number of benzene rings is 2. The lowest BCUT2D eigenvalue weighted by Gasteiger charge is -2.35. The van der Waals surface area contributed by atoms with Crippen LogP contribution in [-0.2, 0) is 16.0 Å². The summed E-state index contributed by atoms with van der Waals surface area (Å²) in [5, 5.41) is 12.6. The van der Waals surface area contributed by atoms with Crippen molar-refractivity contribution in [3.05, 3.63) is 77.6 Å². The molecule has 1 saturated heterocycles. The fraction of sp³-hybridized carbons (Fsp3) is 0.259. The topological polar surface area (TPSA) is 89.3 Å². The number of aryl methyl sites for hydroxylation is 1. The highest BCUT2D eigenvalue weighted by Gasteiger charge is 2.18. The number of piperazine rings is 1. The second-order valence-electron chi connectivity index (χ2n) is 8.44. The molecule has 1 aliphatic rings. The smallest absolute Gasteiger partial charge is 0.228 e. The van der Waals surface area contributed by atoms with Crippen LogP contribution >= 0.6 is 0 Å². The molecule has 1 fully saturated rings. The van der Waals surface area contributed by atoms with Crippen LogP contribution < -0.4 is 10.2 Å². The molecular formula is C27H27N5O2. The van der Waals surface area contributed by atoms with E-state index in [0.29, 0.717) is 5.56 Å². The lowest BCUT2D eigenvalue weighted by Crippen LogP contribution is -2.48. The normalized spacial score (nSPS) is 13.3. The highest BCUT2D eigenvalue weighted by Crippen LogP contribution is 2.25. The summed E-state index contributed by atoms with van der Waals surface area (Å²) in [6, 6.07) is 19.4. The van der Waals surface area contributed by atoms with E-state index in [9.17, 15) is 14.9 Å². The molecule has 1 aromatic heterocycles. The first-order chi connectivity index (χ1) is 16.4. The molecule has 4 rings (SSSR count). The first kappa shape index (κ1) is 23.0. The van der Waals surface area contributed by atoms with Gasteiger partial charge in [-0.2, -0.15) is 5.26 Å². The Balaban J connectivity index is 1.37. The first-order valence-electron chi connectivity index (χ1n) is 11.3. The lowest BCUT2D eigenvalue weighted by atomic mass is 9.97. The van der Waals surface area contributed by atoms with Gasteiger partial charge < -0.3 is 15.1 Å². The van der Waals surface area contributed by atoms with Gasteiger partial charge in [-0.25, -0.2) is 0 Å². The molecule has 1 N–H and O–H groups in total. The van der Waals surface area contributed by atoms with Crippen LogP contribution in [0.4, 0.5) is 11.4 Å². The maximum Gasteiger partial charge on any atom is 0.228 e. The molecule has 1 aliphatic heterocycles. The van der Waals surface area contributed by atoms with E-state index >= 15 is 0 Å². The van der Waals surface area contributed by atoms with E-state index in [1.807, 2.05) is 60.4 Å². The standard InChI is InChI=1S/C27H27N5O2/c1-19-15-22(9-10-29-19)26-8-3-21(16-23(26)18-28)17-27(34)30-24-4-6-25(7-5-24)32-13-11-31(12-14-32)20(2)33/h3-10,15-16H,11-14,17H2,1-2H3,(H,30,34). The van der Waals surface area contributed by atoms with E-state index in [-0.39, 0.29) is 18.2 Å². The predicted octanol–water partition coefficient (Wildman–Crippen LogP) is 3.78. The minimum Gasteiger partial charge on any atom is -0.368 e. The highest BCUT2D eigenvalue weighted by atomic mass is 16.2. The zero-order valence-corrected chi connectivity index (χ0v) is 19.4. The van der Waals surface area contributed by atoms with Gasteiger partial charge in [-0.05, 0) is 66.1 Å². The first-order valence-corrected chi connectivity index (χ1v) is 11.3. The maximum atomic E-state index is 12.6. The number of rotatable bonds is 5. The van der Waals surface area contributed by atoms with Gasteiger partial charge in [0, 0.05) is 56.4 Å². The van der Waals surface area contributed by atoms with Crippen molar-refractivity contribution >= 4 is 23.2 Å². The van der Waals surface area contributed by atoms with Crippen molar-refractivity contribution in [1.82, 2.24) is 9.88 Å². The number of carbonyl (C=O) groups excluding carboxylic acids is 2. The monoisotopic (exact) mass is 453 g/mol. The number of nitrogens with zero attached hydrogens (tertiary/aromatic N) is 4. The average molecular weight is 454 g/mol. The van der Waals surface area contributed by atoms with E-state index in [0.717, 1.165) is 59.9 Å². The third kappa shape index (κ3) is 5.41. The molecule has 0 radical (unpaired) electrons. The Hall–Kier alpha value is -4.18. The summed E-state index contributed by atoms with van der Waals surface area (Å²) in [5.74, 6) is -0.0269. The number of aromatic nitrogens is 1. The zero-order valence-electron chi connectivity index (χ0n) is 19.4. The third-order valence-corrected chi connectivity index (χ3v) is 6.02. The van der Waals surface area contributed by atoms with Crippen LogP contribution in [0.2, 0.25) is 0 Å². The van der Waals surface area contributed by atoms with Crippen molar-refractivity contribution in [2.24, 2.45) is 0 Å². The second kappa shape index (κ2) is 10.2. The van der Waals surface area contributed by atoms with Crippen LogP contribution in [0.15, 0.2) is 60.8 Å². The van der Waals surface area contributed by atoms with Gasteiger partial charge in [0.25, 0.3) is 0 Å². The minimum absolute atomic E-state index is 0.113. The van der Waals surface area contributed by atoms with E-state index in [1.54, 1.807) is 19.2 Å². The fourth-order valence-corrected chi connectivity index (χ4v) is 4.18. The molecule has 0 spiro atoms. The van der Waals surface area contributed by atoms with Crippen LogP contribution in [-0.4, -0.2) is 47.9 Å². The quantitative estimate of drug-likeness (QED) is 0.635. The Kier molecular flexibility index (Phi) is 6.88. The Morgan fingerprint density at radius 1 is 1.03 bits per heavy atom. The minimum atomic E-state index is -0.140. The Morgan fingerprint density at radius 2 is 1.76 bits per heavy atom. The van der Waals surface area contributed by atoms with Gasteiger partial charge in [-0.15, -0.1) is 0 Å². The summed E-state index contributed by atoms with van der Waals surface area (Å²) in [6.07, 6.45) is 1.91. The number of anilines is 2. The van der Waals surface area contributed by atoms with Crippen LogP contribution in [0.5, 0.6) is 0 Å². The largest absolute Gasteiger partial charge is 0.368 e. The zero-order chi connectivity index (χ0) is 24.1. The number of amides is 2. The van der Waals surface area contributed by atoms with Crippen LogP contribution in [0.3, 0.4) is 0 Å². The highest BCUT2D eigenvalue weighted by molar-refractivity contribution is 5.92. The Bertz CT molecular complexity index is 1240. The number of nitriles is 1. The summed E-state index contributed by atoms with van der Waals surface area (Å²) in [6.45, 7) is 6.54. The van der Waals surface area contributed by atoms with Gasteiger partial charge in [-0.1, -0.05) is 12.1 Å². The van der Waals surface area contributed by atoms with Crippen molar-refractivity contribution in [3.63, 3.8) is 0 Å². The van der Waals surface area contributed by atoms with Crippen LogP contribution in [0.1, 0.15) is 23.7 Å². The maximum absolute atomic E-state index is 12.6. The summed E-state index contributed by atoms with van der Waals surface area (Å²) in [7, 11) is 0. The van der Waals surface area contributed by atoms with Crippen molar-refractivity contribution in [3.8, 4) is 17.2 Å². The molecule has 3 aromatic rings. The Labute approximate surface area is 199 Å². The molecule has 172 valence electrons. The number of carbonyl (C=O) groups is 2. The van der Waals surface area contributed by atoms with Crippen molar-refractivity contribution in [1.29, 1.82) is 5.26 Å². The van der Waals surface area contributed by atoms with Crippen molar-refractivity contribution in [2.45, 2.75) is 20.3 Å². The molecule has 2 aromatic carbocycles. The summed E-state index contributed by atoms with van der Waals surface area (Å²) in [5.41, 5.74) is 5.75. The lowest BCUT2D eigenvalue weighted by molar-refractivity contribution is -0.129. The van der Waals surface area contributed by atoms with Gasteiger partial charge in [0.15, 0.2) is 0 Å². The molecule has 2 heterocycles. The van der Waals surface area contributed by atoms with Crippen molar-refractivity contribution < 1.29 is 9.59 Å². The fourth-order valence-electron chi connectivity index (χ4n) is 4.18. The molecule has 7 heteroatoms. The molecule has 0 atom stereocenters.